The number of benzene rings is 1. The first kappa shape index (κ1) is 13.9. The maximum atomic E-state index is 13.7. The summed E-state index contributed by atoms with van der Waals surface area (Å²) < 4.78 is 13.7. The summed E-state index contributed by atoms with van der Waals surface area (Å²) in [6.07, 6.45) is 3.85. The Morgan fingerprint density at radius 1 is 1.30 bits per heavy atom. The van der Waals surface area contributed by atoms with E-state index in [1.807, 2.05) is 0 Å². The molecular formula is C14H15ClFN3S. The molecule has 1 saturated carbocycles. The van der Waals surface area contributed by atoms with Crippen molar-refractivity contribution in [1.29, 1.82) is 0 Å². The van der Waals surface area contributed by atoms with E-state index in [1.54, 1.807) is 12.1 Å². The summed E-state index contributed by atoms with van der Waals surface area (Å²) >= 11 is 7.55. The van der Waals surface area contributed by atoms with Crippen LogP contribution in [0.4, 0.5) is 4.39 Å². The first-order valence-corrected chi connectivity index (χ1v) is 7.89. The van der Waals surface area contributed by atoms with Crippen molar-refractivity contribution in [2.45, 2.75) is 31.7 Å². The third-order valence-corrected chi connectivity index (χ3v) is 4.58. The van der Waals surface area contributed by atoms with Crippen molar-refractivity contribution in [2.75, 3.05) is 6.54 Å². The highest BCUT2D eigenvalue weighted by Crippen LogP contribution is 2.24. The molecule has 3 rings (SSSR count). The highest BCUT2D eigenvalue weighted by molar-refractivity contribution is 7.11. The molecule has 1 fully saturated rings. The van der Waals surface area contributed by atoms with Crippen LogP contribution in [0.15, 0.2) is 18.2 Å². The van der Waals surface area contributed by atoms with Gasteiger partial charge in [-0.25, -0.2) is 4.39 Å². The van der Waals surface area contributed by atoms with E-state index in [0.717, 1.165) is 23.0 Å². The second kappa shape index (κ2) is 6.16. The number of hydrogen-bond acceptors (Lipinski definition) is 4. The third kappa shape index (κ3) is 3.53. The summed E-state index contributed by atoms with van der Waals surface area (Å²) in [4.78, 5) is 0. The smallest absolute Gasteiger partial charge is 0.128 e. The zero-order valence-electron chi connectivity index (χ0n) is 10.9. The van der Waals surface area contributed by atoms with Crippen molar-refractivity contribution in [1.82, 2.24) is 15.5 Å². The van der Waals surface area contributed by atoms with E-state index in [0.29, 0.717) is 23.0 Å². The molecular weight excluding hydrogens is 297 g/mol. The van der Waals surface area contributed by atoms with E-state index in [9.17, 15) is 4.39 Å². The SMILES string of the molecule is Fc1cccc(Cl)c1Cc1nnc(CCNC2CC2)s1. The van der Waals surface area contributed by atoms with Gasteiger partial charge in [-0.2, -0.15) is 0 Å². The van der Waals surface area contributed by atoms with Gasteiger partial charge in [0.05, 0.1) is 0 Å². The molecule has 1 heterocycles. The fraction of sp³-hybridized carbons (Fsp3) is 0.429. The van der Waals surface area contributed by atoms with Gasteiger partial charge in [-0.15, -0.1) is 21.5 Å². The molecule has 0 spiro atoms. The first-order chi connectivity index (χ1) is 9.72. The van der Waals surface area contributed by atoms with Crippen LogP contribution in [0.2, 0.25) is 5.02 Å². The summed E-state index contributed by atoms with van der Waals surface area (Å²) in [6, 6.07) is 5.43. The number of hydrogen-bond donors (Lipinski definition) is 1. The van der Waals surface area contributed by atoms with Crippen molar-refractivity contribution in [3.8, 4) is 0 Å². The van der Waals surface area contributed by atoms with Crippen molar-refractivity contribution in [3.63, 3.8) is 0 Å². The van der Waals surface area contributed by atoms with Crippen molar-refractivity contribution in [2.24, 2.45) is 0 Å². The van der Waals surface area contributed by atoms with Gasteiger partial charge in [-0.1, -0.05) is 17.7 Å². The van der Waals surface area contributed by atoms with Gasteiger partial charge in [0.25, 0.3) is 0 Å². The van der Waals surface area contributed by atoms with Crippen molar-refractivity contribution >= 4 is 22.9 Å². The molecule has 3 nitrogen and oxygen atoms in total. The number of nitrogens with zero attached hydrogens (tertiary/aromatic N) is 2. The lowest BCUT2D eigenvalue weighted by Gasteiger charge is -2.02. The summed E-state index contributed by atoms with van der Waals surface area (Å²) in [5.41, 5.74) is 0.493. The van der Waals surface area contributed by atoms with Crippen LogP contribution in [0.1, 0.15) is 28.4 Å². The van der Waals surface area contributed by atoms with Crippen LogP contribution in [-0.4, -0.2) is 22.8 Å². The second-order valence-electron chi connectivity index (χ2n) is 4.94. The van der Waals surface area contributed by atoms with Gasteiger partial charge in [-0.05, 0) is 25.0 Å². The summed E-state index contributed by atoms with van der Waals surface area (Å²) in [6.45, 7) is 0.930. The number of nitrogens with one attached hydrogen (secondary N) is 1. The molecule has 0 radical (unpaired) electrons. The summed E-state index contributed by atoms with van der Waals surface area (Å²) in [5, 5.41) is 13.9. The molecule has 2 aromatic rings. The van der Waals surface area contributed by atoms with E-state index < -0.39 is 0 Å². The number of rotatable bonds is 6. The highest BCUT2D eigenvalue weighted by atomic mass is 35.5. The maximum Gasteiger partial charge on any atom is 0.128 e. The molecule has 0 unspecified atom stereocenters. The summed E-state index contributed by atoms with van der Waals surface area (Å²) in [7, 11) is 0. The van der Waals surface area contributed by atoms with Crippen molar-refractivity contribution in [3.05, 3.63) is 44.6 Å². The van der Waals surface area contributed by atoms with E-state index in [2.05, 4.69) is 15.5 Å². The minimum absolute atomic E-state index is 0.287. The predicted molar refractivity (Wildman–Crippen MR) is 78.9 cm³/mol. The van der Waals surface area contributed by atoms with Crippen LogP contribution in [0.25, 0.3) is 0 Å². The first-order valence-electron chi connectivity index (χ1n) is 6.70. The van der Waals surface area contributed by atoms with Crippen LogP contribution in [0, 0.1) is 5.82 Å². The Bertz CT molecular complexity index is 578. The molecule has 0 saturated heterocycles. The second-order valence-corrected chi connectivity index (χ2v) is 6.50. The number of aromatic nitrogens is 2. The molecule has 0 atom stereocenters. The monoisotopic (exact) mass is 311 g/mol. The zero-order chi connectivity index (χ0) is 13.9. The predicted octanol–water partition coefficient (Wildman–Crippen LogP) is 3.22. The minimum Gasteiger partial charge on any atom is -0.314 e. The molecule has 1 N–H and O–H groups in total. The average Bonchev–Trinajstić information content (AvgIpc) is 3.13. The molecule has 6 heteroatoms. The standard InChI is InChI=1S/C14H15ClFN3S/c15-11-2-1-3-12(16)10(11)8-14-19-18-13(20-14)6-7-17-9-4-5-9/h1-3,9,17H,4-8H2. The number of halogens is 2. The molecule has 0 aliphatic heterocycles. The quantitative estimate of drug-likeness (QED) is 0.890. The van der Waals surface area contributed by atoms with Crippen LogP contribution in [0.5, 0.6) is 0 Å². The molecule has 1 aliphatic rings. The van der Waals surface area contributed by atoms with Crippen molar-refractivity contribution < 1.29 is 4.39 Å². The normalized spacial score (nSPS) is 14.7. The Kier molecular flexibility index (Phi) is 4.29. The van der Waals surface area contributed by atoms with Crippen LogP contribution < -0.4 is 5.32 Å². The summed E-state index contributed by atoms with van der Waals surface area (Å²) in [5.74, 6) is -0.287. The van der Waals surface area contributed by atoms with Crippen LogP contribution in [-0.2, 0) is 12.8 Å². The Balaban J connectivity index is 1.61. The van der Waals surface area contributed by atoms with Gasteiger partial charge >= 0.3 is 0 Å². The highest BCUT2D eigenvalue weighted by Gasteiger charge is 2.20. The molecule has 106 valence electrons. The van der Waals surface area contributed by atoms with E-state index >= 15 is 0 Å². The molecule has 1 aliphatic carbocycles. The van der Waals surface area contributed by atoms with Crippen LogP contribution in [0.3, 0.4) is 0 Å². The Labute approximate surface area is 126 Å². The largest absolute Gasteiger partial charge is 0.314 e. The molecule has 0 amide bonds. The van der Waals surface area contributed by atoms with E-state index in [4.69, 9.17) is 11.6 Å². The van der Waals surface area contributed by atoms with Gasteiger partial charge in [-0.3, -0.25) is 0 Å². The van der Waals surface area contributed by atoms with E-state index in [-0.39, 0.29) is 5.82 Å². The van der Waals surface area contributed by atoms with Crippen LogP contribution >= 0.6 is 22.9 Å². The lowest BCUT2D eigenvalue weighted by molar-refractivity contribution is 0.613. The zero-order valence-corrected chi connectivity index (χ0v) is 12.5. The molecule has 0 bridgehead atoms. The fourth-order valence-corrected chi connectivity index (χ4v) is 3.07. The molecule has 20 heavy (non-hydrogen) atoms. The minimum atomic E-state index is -0.287. The van der Waals surface area contributed by atoms with Gasteiger partial charge < -0.3 is 5.32 Å². The maximum absolute atomic E-state index is 13.7. The molecule has 1 aromatic heterocycles. The Morgan fingerprint density at radius 2 is 2.10 bits per heavy atom. The Hall–Kier alpha value is -1.04. The van der Waals surface area contributed by atoms with Gasteiger partial charge in [0.1, 0.15) is 15.8 Å². The topological polar surface area (TPSA) is 37.8 Å². The average molecular weight is 312 g/mol. The van der Waals surface area contributed by atoms with Gasteiger partial charge in [0.2, 0.25) is 0 Å². The Morgan fingerprint density at radius 3 is 2.85 bits per heavy atom. The van der Waals surface area contributed by atoms with E-state index in [1.165, 1.54) is 30.2 Å². The lowest BCUT2D eigenvalue weighted by atomic mass is 10.1. The van der Waals surface area contributed by atoms with Gasteiger partial charge in [0.15, 0.2) is 0 Å². The van der Waals surface area contributed by atoms with Gasteiger partial charge in [0, 0.05) is 36.0 Å². The lowest BCUT2D eigenvalue weighted by Crippen LogP contribution is -2.19. The molecule has 1 aromatic carbocycles. The third-order valence-electron chi connectivity index (χ3n) is 3.25. The fourth-order valence-electron chi connectivity index (χ4n) is 1.98.